The first-order valence-electron chi connectivity index (χ1n) is 8.31. The minimum absolute atomic E-state index is 0.0242. The zero-order chi connectivity index (χ0) is 15.3. The fourth-order valence-corrected chi connectivity index (χ4v) is 3.56. The largest absolute Gasteiger partial charge is 0.393 e. The summed E-state index contributed by atoms with van der Waals surface area (Å²) in [5, 5.41) is 3.22. The van der Waals surface area contributed by atoms with Crippen molar-refractivity contribution in [2.24, 2.45) is 11.1 Å². The van der Waals surface area contributed by atoms with E-state index < -0.39 is 0 Å². The van der Waals surface area contributed by atoms with Gasteiger partial charge in [0, 0.05) is 11.5 Å². The first-order chi connectivity index (χ1) is 9.99. The Morgan fingerprint density at radius 3 is 2.33 bits per heavy atom. The van der Waals surface area contributed by atoms with Crippen LogP contribution < -0.4 is 11.1 Å². The monoisotopic (exact) mass is 311 g/mol. The van der Waals surface area contributed by atoms with E-state index >= 15 is 0 Å². The third kappa shape index (κ3) is 4.92. The number of nitrogens with two attached hydrogens (primary N) is 1. The number of piperidine rings is 1. The summed E-state index contributed by atoms with van der Waals surface area (Å²) in [6, 6.07) is 0.395. The van der Waals surface area contributed by atoms with Crippen molar-refractivity contribution < 1.29 is 4.79 Å². The van der Waals surface area contributed by atoms with E-state index in [1.807, 2.05) is 0 Å². The van der Waals surface area contributed by atoms with Gasteiger partial charge in [0.05, 0.1) is 11.5 Å². The van der Waals surface area contributed by atoms with E-state index in [0.717, 1.165) is 38.8 Å². The molecule has 2 rings (SSSR count). The smallest absolute Gasteiger partial charge is 0.234 e. The SMILES string of the molecule is CC1(C(N)=S)CCN(CC(=O)NC2CCCCCC2)CC1. The number of rotatable bonds is 4. The summed E-state index contributed by atoms with van der Waals surface area (Å²) in [5.41, 5.74) is 5.80. The molecule has 0 unspecified atom stereocenters. The minimum atomic E-state index is -0.0242. The topological polar surface area (TPSA) is 58.4 Å². The van der Waals surface area contributed by atoms with E-state index in [-0.39, 0.29) is 11.3 Å². The molecule has 1 amide bonds. The van der Waals surface area contributed by atoms with Gasteiger partial charge in [0.2, 0.25) is 5.91 Å². The Morgan fingerprint density at radius 1 is 1.24 bits per heavy atom. The van der Waals surface area contributed by atoms with E-state index in [1.165, 1.54) is 25.7 Å². The van der Waals surface area contributed by atoms with Crippen molar-refractivity contribution in [2.45, 2.75) is 64.3 Å². The quantitative estimate of drug-likeness (QED) is 0.617. The molecule has 1 saturated heterocycles. The number of hydrogen-bond acceptors (Lipinski definition) is 3. The van der Waals surface area contributed by atoms with Gasteiger partial charge in [-0.3, -0.25) is 9.69 Å². The van der Waals surface area contributed by atoms with Gasteiger partial charge < -0.3 is 11.1 Å². The molecule has 5 heteroatoms. The van der Waals surface area contributed by atoms with Crippen molar-refractivity contribution in [1.82, 2.24) is 10.2 Å². The second-order valence-corrected chi connectivity index (χ2v) is 7.40. The predicted octanol–water partition coefficient (Wildman–Crippen LogP) is 2.21. The Labute approximate surface area is 133 Å². The first-order valence-corrected chi connectivity index (χ1v) is 8.72. The van der Waals surface area contributed by atoms with Crippen LogP contribution in [-0.2, 0) is 4.79 Å². The number of thiocarbonyl (C=S) groups is 1. The Morgan fingerprint density at radius 2 is 1.81 bits per heavy atom. The standard InChI is InChI=1S/C16H29N3OS/c1-16(15(17)21)8-10-19(11-9-16)12-14(20)18-13-6-4-2-3-5-7-13/h13H,2-12H2,1H3,(H2,17,21)(H,18,20). The number of carbonyl (C=O) groups excluding carboxylic acids is 1. The number of likely N-dealkylation sites (tertiary alicyclic amines) is 1. The average molecular weight is 311 g/mol. The highest BCUT2D eigenvalue weighted by Crippen LogP contribution is 2.30. The van der Waals surface area contributed by atoms with Crippen molar-refractivity contribution in [3.05, 3.63) is 0 Å². The molecule has 0 spiro atoms. The number of nitrogens with zero attached hydrogens (tertiary/aromatic N) is 1. The number of hydrogen-bond donors (Lipinski definition) is 2. The lowest BCUT2D eigenvalue weighted by molar-refractivity contribution is -0.123. The summed E-state index contributed by atoms with van der Waals surface area (Å²) in [5.74, 6) is 0.181. The summed E-state index contributed by atoms with van der Waals surface area (Å²) < 4.78 is 0. The Bertz CT molecular complexity index is 370. The first kappa shape index (κ1) is 16.7. The molecule has 1 aliphatic heterocycles. The predicted molar refractivity (Wildman–Crippen MR) is 90.2 cm³/mol. The fraction of sp³-hybridized carbons (Fsp3) is 0.875. The highest BCUT2D eigenvalue weighted by molar-refractivity contribution is 7.80. The van der Waals surface area contributed by atoms with Crippen LogP contribution in [-0.4, -0.2) is 41.5 Å². The maximum atomic E-state index is 12.2. The molecule has 4 nitrogen and oxygen atoms in total. The zero-order valence-electron chi connectivity index (χ0n) is 13.2. The molecule has 0 bridgehead atoms. The summed E-state index contributed by atoms with van der Waals surface area (Å²) in [4.78, 5) is 15.0. The van der Waals surface area contributed by atoms with E-state index in [4.69, 9.17) is 18.0 Å². The lowest BCUT2D eigenvalue weighted by Gasteiger charge is -2.38. The molecule has 3 N–H and O–H groups in total. The van der Waals surface area contributed by atoms with Crippen molar-refractivity contribution >= 4 is 23.1 Å². The van der Waals surface area contributed by atoms with Gasteiger partial charge in [0.15, 0.2) is 0 Å². The third-order valence-electron chi connectivity index (χ3n) is 5.14. The summed E-state index contributed by atoms with van der Waals surface area (Å²) in [6.45, 7) is 4.47. The van der Waals surface area contributed by atoms with Gasteiger partial charge in [0.25, 0.3) is 0 Å². The van der Waals surface area contributed by atoms with E-state index in [0.29, 0.717) is 17.6 Å². The second kappa shape index (κ2) is 7.54. The average Bonchev–Trinajstić information content (AvgIpc) is 2.70. The Balaban J connectivity index is 1.72. The lowest BCUT2D eigenvalue weighted by atomic mass is 9.80. The van der Waals surface area contributed by atoms with Gasteiger partial charge >= 0.3 is 0 Å². The molecule has 2 fully saturated rings. The van der Waals surface area contributed by atoms with Gasteiger partial charge in [-0.05, 0) is 38.8 Å². The molecule has 21 heavy (non-hydrogen) atoms. The van der Waals surface area contributed by atoms with E-state index in [9.17, 15) is 4.79 Å². The Hall–Kier alpha value is -0.680. The van der Waals surface area contributed by atoms with Gasteiger partial charge in [-0.15, -0.1) is 0 Å². The van der Waals surface area contributed by atoms with Gasteiger partial charge in [0.1, 0.15) is 0 Å². The molecule has 0 aromatic heterocycles. The normalized spacial score (nSPS) is 24.2. The molecule has 1 aliphatic carbocycles. The molecular formula is C16H29N3OS. The number of nitrogens with one attached hydrogen (secondary N) is 1. The van der Waals surface area contributed by atoms with Gasteiger partial charge in [-0.25, -0.2) is 0 Å². The summed E-state index contributed by atoms with van der Waals surface area (Å²) in [6.07, 6.45) is 9.34. The molecular weight excluding hydrogens is 282 g/mol. The summed E-state index contributed by atoms with van der Waals surface area (Å²) >= 11 is 5.16. The lowest BCUT2D eigenvalue weighted by Crippen LogP contribution is -2.48. The molecule has 120 valence electrons. The minimum Gasteiger partial charge on any atom is -0.393 e. The van der Waals surface area contributed by atoms with Gasteiger partial charge in [-0.2, -0.15) is 0 Å². The van der Waals surface area contributed by atoms with E-state index in [1.54, 1.807) is 0 Å². The third-order valence-corrected chi connectivity index (χ3v) is 5.63. The van der Waals surface area contributed by atoms with Crippen molar-refractivity contribution in [3.63, 3.8) is 0 Å². The van der Waals surface area contributed by atoms with Crippen LogP contribution in [0.25, 0.3) is 0 Å². The molecule has 0 aromatic rings. The van der Waals surface area contributed by atoms with Crippen LogP contribution in [0.3, 0.4) is 0 Å². The molecule has 2 aliphatic rings. The van der Waals surface area contributed by atoms with Gasteiger partial charge in [-0.1, -0.05) is 44.8 Å². The molecule has 1 heterocycles. The van der Waals surface area contributed by atoms with Crippen LogP contribution >= 0.6 is 12.2 Å². The molecule has 0 radical (unpaired) electrons. The maximum absolute atomic E-state index is 12.2. The highest BCUT2D eigenvalue weighted by Gasteiger charge is 2.33. The van der Waals surface area contributed by atoms with Crippen LogP contribution in [0.4, 0.5) is 0 Å². The molecule has 0 atom stereocenters. The van der Waals surface area contributed by atoms with Crippen molar-refractivity contribution in [1.29, 1.82) is 0 Å². The van der Waals surface area contributed by atoms with Crippen LogP contribution in [0, 0.1) is 5.41 Å². The maximum Gasteiger partial charge on any atom is 0.234 e. The van der Waals surface area contributed by atoms with Crippen LogP contribution in [0.1, 0.15) is 58.3 Å². The van der Waals surface area contributed by atoms with Crippen molar-refractivity contribution in [3.8, 4) is 0 Å². The number of amides is 1. The van der Waals surface area contributed by atoms with Crippen molar-refractivity contribution in [2.75, 3.05) is 19.6 Å². The molecule has 0 aromatic carbocycles. The van der Waals surface area contributed by atoms with Crippen LogP contribution in [0.5, 0.6) is 0 Å². The Kier molecular flexibility index (Phi) is 5.99. The molecule has 1 saturated carbocycles. The zero-order valence-corrected chi connectivity index (χ0v) is 14.0. The highest BCUT2D eigenvalue weighted by atomic mass is 32.1. The fourth-order valence-electron chi connectivity index (χ4n) is 3.35. The van der Waals surface area contributed by atoms with E-state index in [2.05, 4.69) is 17.1 Å². The van der Waals surface area contributed by atoms with Crippen LogP contribution in [0.2, 0.25) is 0 Å². The summed E-state index contributed by atoms with van der Waals surface area (Å²) in [7, 11) is 0. The second-order valence-electron chi connectivity index (χ2n) is 6.96. The van der Waals surface area contributed by atoms with Crippen LogP contribution in [0.15, 0.2) is 0 Å². The number of carbonyl (C=O) groups is 1.